The maximum Gasteiger partial charge on any atom is 0.275 e. The molecule has 1 aromatic heterocycles. The lowest BCUT2D eigenvalue weighted by Gasteiger charge is -2.17. The Morgan fingerprint density at radius 2 is 2.09 bits per heavy atom. The summed E-state index contributed by atoms with van der Waals surface area (Å²) in [7, 11) is -2.44. The SMILES string of the molecule is Cc1c(Cl)cc(S(=O)(=O)N(C)Cc2ccsc2)cc1[N+](=O)[O-]. The Bertz CT molecular complexity index is 804. The van der Waals surface area contributed by atoms with Crippen molar-refractivity contribution in [3.63, 3.8) is 0 Å². The van der Waals surface area contributed by atoms with Crippen molar-refractivity contribution in [1.29, 1.82) is 0 Å². The van der Waals surface area contributed by atoms with Gasteiger partial charge in [0.1, 0.15) is 0 Å². The minimum absolute atomic E-state index is 0.0525. The lowest BCUT2D eigenvalue weighted by molar-refractivity contribution is -0.385. The van der Waals surface area contributed by atoms with Gasteiger partial charge in [0.2, 0.25) is 10.0 Å². The van der Waals surface area contributed by atoms with Gasteiger partial charge in [-0.15, -0.1) is 0 Å². The molecule has 1 heterocycles. The van der Waals surface area contributed by atoms with Crippen LogP contribution < -0.4 is 0 Å². The van der Waals surface area contributed by atoms with Crippen LogP contribution in [0.1, 0.15) is 11.1 Å². The summed E-state index contributed by atoms with van der Waals surface area (Å²) in [5.41, 5.74) is 0.782. The number of sulfonamides is 1. The third-order valence-electron chi connectivity index (χ3n) is 3.18. The van der Waals surface area contributed by atoms with Crippen molar-refractivity contribution in [2.24, 2.45) is 0 Å². The first-order valence-corrected chi connectivity index (χ1v) is 8.91. The first-order valence-electron chi connectivity index (χ1n) is 6.15. The van der Waals surface area contributed by atoms with Crippen molar-refractivity contribution in [1.82, 2.24) is 4.31 Å². The van der Waals surface area contributed by atoms with Crippen LogP contribution in [-0.2, 0) is 16.6 Å². The molecule has 2 aromatic rings. The maximum atomic E-state index is 12.5. The number of thiophene rings is 1. The zero-order chi connectivity index (χ0) is 16.5. The van der Waals surface area contributed by atoms with Gasteiger partial charge in [0.05, 0.1) is 14.8 Å². The zero-order valence-electron chi connectivity index (χ0n) is 11.8. The van der Waals surface area contributed by atoms with Crippen LogP contribution in [0.3, 0.4) is 0 Å². The average Bonchev–Trinajstić information content (AvgIpc) is 2.93. The summed E-state index contributed by atoms with van der Waals surface area (Å²) in [5, 5.41) is 14.8. The number of hydrogen-bond acceptors (Lipinski definition) is 5. The monoisotopic (exact) mass is 360 g/mol. The van der Waals surface area contributed by atoms with Crippen LogP contribution >= 0.6 is 22.9 Å². The standard InChI is InChI=1S/C13H13ClN2O4S2/c1-9-12(14)5-11(6-13(9)16(17)18)22(19,20)15(2)7-10-3-4-21-8-10/h3-6,8H,7H2,1-2H3. The number of benzene rings is 1. The van der Waals surface area contributed by atoms with Gasteiger partial charge in [-0.25, -0.2) is 8.42 Å². The summed E-state index contributed by atoms with van der Waals surface area (Å²) < 4.78 is 26.2. The Morgan fingerprint density at radius 3 is 2.64 bits per heavy atom. The first kappa shape index (κ1) is 16.9. The maximum absolute atomic E-state index is 12.5. The second-order valence-electron chi connectivity index (χ2n) is 4.70. The fourth-order valence-corrected chi connectivity index (χ4v) is 4.03. The van der Waals surface area contributed by atoms with E-state index in [4.69, 9.17) is 11.6 Å². The van der Waals surface area contributed by atoms with Gasteiger partial charge >= 0.3 is 0 Å². The van der Waals surface area contributed by atoms with Gasteiger partial charge in [-0.3, -0.25) is 10.1 Å². The number of rotatable bonds is 5. The van der Waals surface area contributed by atoms with E-state index in [-0.39, 0.29) is 27.7 Å². The van der Waals surface area contributed by atoms with Gasteiger partial charge in [0, 0.05) is 25.2 Å². The predicted octanol–water partition coefficient (Wildman–Crippen LogP) is 3.44. The van der Waals surface area contributed by atoms with Crippen LogP contribution in [0.2, 0.25) is 5.02 Å². The fraction of sp³-hybridized carbons (Fsp3) is 0.231. The lowest BCUT2D eigenvalue weighted by Crippen LogP contribution is -2.26. The van der Waals surface area contributed by atoms with E-state index in [1.807, 2.05) is 16.8 Å². The van der Waals surface area contributed by atoms with Crippen molar-refractivity contribution in [3.8, 4) is 0 Å². The highest BCUT2D eigenvalue weighted by atomic mass is 35.5. The Hall–Kier alpha value is -1.48. The molecule has 2 rings (SSSR count). The molecular weight excluding hydrogens is 348 g/mol. The second-order valence-corrected chi connectivity index (χ2v) is 7.93. The Balaban J connectivity index is 2.43. The van der Waals surface area contributed by atoms with Crippen LogP contribution in [-0.4, -0.2) is 24.7 Å². The number of nitrogens with zero attached hydrogens (tertiary/aromatic N) is 2. The molecule has 1 aromatic carbocycles. The van der Waals surface area contributed by atoms with Crippen LogP contribution in [0.25, 0.3) is 0 Å². The molecule has 9 heteroatoms. The topological polar surface area (TPSA) is 80.5 Å². The molecule has 0 unspecified atom stereocenters. The molecule has 0 saturated carbocycles. The summed E-state index contributed by atoms with van der Waals surface area (Å²) >= 11 is 7.40. The van der Waals surface area contributed by atoms with Crippen LogP contribution in [0.4, 0.5) is 5.69 Å². The lowest BCUT2D eigenvalue weighted by atomic mass is 10.2. The van der Waals surface area contributed by atoms with Crippen LogP contribution in [0.15, 0.2) is 33.9 Å². The molecule has 118 valence electrons. The van der Waals surface area contributed by atoms with Crippen molar-refractivity contribution >= 4 is 38.6 Å². The predicted molar refractivity (Wildman–Crippen MR) is 85.8 cm³/mol. The molecule has 0 bridgehead atoms. The molecule has 6 nitrogen and oxygen atoms in total. The molecule has 0 aliphatic carbocycles. The van der Waals surface area contributed by atoms with E-state index in [1.165, 1.54) is 31.4 Å². The van der Waals surface area contributed by atoms with Crippen LogP contribution in [0, 0.1) is 17.0 Å². The molecule has 0 aliphatic heterocycles. The molecule has 0 N–H and O–H groups in total. The minimum atomic E-state index is -3.86. The van der Waals surface area contributed by atoms with E-state index in [9.17, 15) is 18.5 Å². The number of nitro benzene ring substituents is 1. The van der Waals surface area contributed by atoms with E-state index in [1.54, 1.807) is 0 Å². The van der Waals surface area contributed by atoms with Gasteiger partial charge in [-0.2, -0.15) is 15.6 Å². The van der Waals surface area contributed by atoms with Crippen molar-refractivity contribution in [3.05, 3.63) is 55.2 Å². The highest BCUT2D eigenvalue weighted by Gasteiger charge is 2.26. The zero-order valence-corrected chi connectivity index (χ0v) is 14.2. The molecule has 0 aliphatic rings. The Morgan fingerprint density at radius 1 is 1.41 bits per heavy atom. The second kappa shape index (κ2) is 6.33. The van der Waals surface area contributed by atoms with Crippen LogP contribution in [0.5, 0.6) is 0 Å². The molecule has 0 fully saturated rings. The summed E-state index contributed by atoms with van der Waals surface area (Å²) in [6, 6.07) is 4.10. The van der Waals surface area contributed by atoms with E-state index in [0.29, 0.717) is 0 Å². The minimum Gasteiger partial charge on any atom is -0.258 e. The van der Waals surface area contributed by atoms with Crippen molar-refractivity contribution in [2.75, 3.05) is 7.05 Å². The first-order chi connectivity index (χ1) is 10.2. The molecule has 0 saturated heterocycles. The van der Waals surface area contributed by atoms with E-state index in [2.05, 4.69) is 0 Å². The smallest absolute Gasteiger partial charge is 0.258 e. The third kappa shape index (κ3) is 3.30. The Kier molecular flexibility index (Phi) is 4.86. The summed E-state index contributed by atoms with van der Waals surface area (Å²) in [6.07, 6.45) is 0. The van der Waals surface area contributed by atoms with Crippen molar-refractivity contribution < 1.29 is 13.3 Å². The third-order valence-corrected chi connectivity index (χ3v) is 6.09. The molecule has 0 amide bonds. The molecule has 0 atom stereocenters. The average molecular weight is 361 g/mol. The highest BCUT2D eigenvalue weighted by Crippen LogP contribution is 2.31. The van der Waals surface area contributed by atoms with Gasteiger partial charge < -0.3 is 0 Å². The molecule has 0 spiro atoms. The van der Waals surface area contributed by atoms with Gasteiger partial charge in [0.25, 0.3) is 5.69 Å². The van der Waals surface area contributed by atoms with Gasteiger partial charge in [-0.1, -0.05) is 11.6 Å². The van der Waals surface area contributed by atoms with E-state index in [0.717, 1.165) is 15.9 Å². The summed E-state index contributed by atoms with van der Waals surface area (Å²) in [5.74, 6) is 0. The molecular formula is C13H13ClN2O4S2. The van der Waals surface area contributed by atoms with Gasteiger partial charge in [0.15, 0.2) is 0 Å². The number of nitro groups is 1. The highest BCUT2D eigenvalue weighted by molar-refractivity contribution is 7.89. The molecule has 0 radical (unpaired) electrons. The van der Waals surface area contributed by atoms with E-state index < -0.39 is 14.9 Å². The normalized spacial score (nSPS) is 11.8. The van der Waals surface area contributed by atoms with E-state index >= 15 is 0 Å². The quantitative estimate of drug-likeness (QED) is 0.604. The number of hydrogen-bond donors (Lipinski definition) is 0. The number of halogens is 1. The van der Waals surface area contributed by atoms with Crippen molar-refractivity contribution in [2.45, 2.75) is 18.4 Å². The summed E-state index contributed by atoms with van der Waals surface area (Å²) in [4.78, 5) is 10.2. The largest absolute Gasteiger partial charge is 0.275 e. The Labute approximate surface area is 137 Å². The molecule has 22 heavy (non-hydrogen) atoms. The fourth-order valence-electron chi connectivity index (χ4n) is 1.88. The summed E-state index contributed by atoms with van der Waals surface area (Å²) in [6.45, 7) is 1.66. The van der Waals surface area contributed by atoms with Gasteiger partial charge in [-0.05, 0) is 35.4 Å².